The van der Waals surface area contributed by atoms with E-state index >= 15 is 0 Å². The van der Waals surface area contributed by atoms with Gasteiger partial charge in [0.05, 0.1) is 89.3 Å². The Morgan fingerprint density at radius 1 is 0.850 bits per heavy atom. The van der Waals surface area contributed by atoms with Crippen molar-refractivity contribution in [3.05, 3.63) is 29.3 Å². The van der Waals surface area contributed by atoms with Gasteiger partial charge in [0.25, 0.3) is 11.8 Å². The maximum absolute atomic E-state index is 13.1. The summed E-state index contributed by atoms with van der Waals surface area (Å²) in [6, 6.07) is 3.43. The molecule has 1 aromatic rings. The number of ether oxygens (including phenoxy) is 5. The van der Waals surface area contributed by atoms with Crippen LogP contribution in [0.1, 0.15) is 40.0 Å². The van der Waals surface area contributed by atoms with Crippen molar-refractivity contribution in [2.45, 2.75) is 25.3 Å². The predicted molar refractivity (Wildman–Crippen MR) is 140 cm³/mol. The Balaban J connectivity index is 1.29. The van der Waals surface area contributed by atoms with Gasteiger partial charge in [-0.15, -0.1) is 0 Å². The molecular weight excluding hydrogens is 528 g/mol. The Kier molecular flexibility index (Phi) is 13.1. The van der Waals surface area contributed by atoms with Gasteiger partial charge in [-0.3, -0.25) is 34.2 Å². The molecule has 14 nitrogen and oxygen atoms in total. The highest BCUT2D eigenvalue weighted by Gasteiger charge is 2.45. The van der Waals surface area contributed by atoms with Gasteiger partial charge in [0.1, 0.15) is 6.04 Å². The number of rotatable bonds is 19. The van der Waals surface area contributed by atoms with Crippen molar-refractivity contribution in [1.29, 1.82) is 0 Å². The van der Waals surface area contributed by atoms with Crippen LogP contribution in [0.5, 0.6) is 0 Å². The number of fused-ring (bicyclic) bond motifs is 1. The zero-order valence-corrected chi connectivity index (χ0v) is 22.3. The van der Waals surface area contributed by atoms with Gasteiger partial charge >= 0.3 is 0 Å². The third-order valence-corrected chi connectivity index (χ3v) is 5.97. The molecule has 0 aromatic heterocycles. The number of hydrogen-bond donors (Lipinski definition) is 3. The maximum Gasteiger partial charge on any atom is 0.264 e. The average molecular weight is 565 g/mol. The minimum absolute atomic E-state index is 0.0169. The summed E-state index contributed by atoms with van der Waals surface area (Å²) < 4.78 is 26.7. The Bertz CT molecular complexity index is 1050. The molecule has 2 heterocycles. The van der Waals surface area contributed by atoms with Crippen LogP contribution in [0.15, 0.2) is 18.2 Å². The highest BCUT2D eigenvalue weighted by molar-refractivity contribution is 6.26. The number of nitrogens with two attached hydrogens (primary N) is 1. The average Bonchev–Trinajstić information content (AvgIpc) is 3.18. The fraction of sp³-hybridized carbons (Fsp3) is 0.577. The quantitative estimate of drug-likeness (QED) is 0.145. The second kappa shape index (κ2) is 16.7. The molecule has 0 saturated carbocycles. The van der Waals surface area contributed by atoms with Gasteiger partial charge in [-0.05, 0) is 18.6 Å². The van der Waals surface area contributed by atoms with E-state index in [1.54, 1.807) is 0 Å². The summed E-state index contributed by atoms with van der Waals surface area (Å²) in [7, 11) is 0. The molecule has 40 heavy (non-hydrogen) atoms. The lowest BCUT2D eigenvalue weighted by Gasteiger charge is -2.27. The molecule has 1 unspecified atom stereocenters. The van der Waals surface area contributed by atoms with Crippen molar-refractivity contribution in [3.8, 4) is 0 Å². The molecule has 0 aliphatic carbocycles. The molecule has 3 rings (SSSR count). The smallest absolute Gasteiger partial charge is 0.264 e. The number of imide groups is 2. The lowest BCUT2D eigenvalue weighted by atomic mass is 10.0. The number of carbonyl (C=O) groups excluding carboxylic acids is 5. The van der Waals surface area contributed by atoms with Gasteiger partial charge in [-0.1, -0.05) is 6.07 Å². The van der Waals surface area contributed by atoms with Crippen molar-refractivity contribution in [1.82, 2.24) is 10.2 Å². The van der Waals surface area contributed by atoms with Crippen molar-refractivity contribution < 1.29 is 47.7 Å². The number of nitrogens with one attached hydrogen (secondary N) is 2. The van der Waals surface area contributed by atoms with E-state index in [9.17, 15) is 24.0 Å². The Morgan fingerprint density at radius 2 is 1.43 bits per heavy atom. The largest absolute Gasteiger partial charge is 0.379 e. The summed E-state index contributed by atoms with van der Waals surface area (Å²) in [6.07, 6.45) is 0.0883. The Hall–Kier alpha value is -3.27. The van der Waals surface area contributed by atoms with Crippen LogP contribution in [0.4, 0.5) is 5.69 Å². The van der Waals surface area contributed by atoms with Gasteiger partial charge < -0.3 is 34.7 Å². The van der Waals surface area contributed by atoms with E-state index in [4.69, 9.17) is 29.4 Å². The second-order valence-electron chi connectivity index (χ2n) is 8.82. The fourth-order valence-electron chi connectivity index (χ4n) is 4.06. The third-order valence-electron chi connectivity index (χ3n) is 5.97. The Morgan fingerprint density at radius 3 is 2.00 bits per heavy atom. The van der Waals surface area contributed by atoms with Gasteiger partial charge in [-0.25, -0.2) is 0 Å². The van der Waals surface area contributed by atoms with Crippen LogP contribution in [-0.4, -0.2) is 113 Å². The monoisotopic (exact) mass is 564 g/mol. The minimum atomic E-state index is -1.08. The van der Waals surface area contributed by atoms with Crippen molar-refractivity contribution >= 4 is 35.2 Å². The molecule has 14 heteroatoms. The molecule has 220 valence electrons. The summed E-state index contributed by atoms with van der Waals surface area (Å²) in [6.45, 7) is 4.47. The van der Waals surface area contributed by atoms with E-state index in [-0.39, 0.29) is 49.3 Å². The van der Waals surface area contributed by atoms with Crippen LogP contribution < -0.4 is 16.4 Å². The number of hydrogen-bond acceptors (Lipinski definition) is 11. The van der Waals surface area contributed by atoms with E-state index in [0.29, 0.717) is 59.4 Å². The number of benzene rings is 1. The first-order valence-corrected chi connectivity index (χ1v) is 13.2. The number of carbonyl (C=O) groups is 5. The molecule has 2 aliphatic rings. The van der Waals surface area contributed by atoms with Crippen LogP contribution in [0, 0.1) is 0 Å². The normalized spacial score (nSPS) is 16.8. The van der Waals surface area contributed by atoms with Crippen molar-refractivity contribution in [2.24, 2.45) is 5.73 Å². The number of anilines is 1. The number of amides is 5. The predicted octanol–water partition coefficient (Wildman–Crippen LogP) is -0.542. The third kappa shape index (κ3) is 9.15. The highest BCUT2D eigenvalue weighted by atomic mass is 16.6. The van der Waals surface area contributed by atoms with Crippen LogP contribution in [0.2, 0.25) is 0 Å². The van der Waals surface area contributed by atoms with E-state index in [2.05, 4.69) is 10.6 Å². The summed E-state index contributed by atoms with van der Waals surface area (Å²) in [5.74, 6) is -2.89. The summed E-state index contributed by atoms with van der Waals surface area (Å²) in [4.78, 5) is 62.9. The van der Waals surface area contributed by atoms with Crippen LogP contribution >= 0.6 is 0 Å². The van der Waals surface area contributed by atoms with Crippen LogP contribution in [0.3, 0.4) is 0 Å². The standard InChI is InChI=1S/C26H36N4O10/c27-7-9-37-11-13-39-15-17-40-16-14-38-12-10-36-8-6-22(32)28-19-3-1-2-18-23(19)26(35)30(25(18)34)20-4-5-21(31)29-24(20)33/h1-3,20H,4-17,27H2,(H,28,32)(H,29,31,33). The SMILES string of the molecule is NCCOCCOCCOCCOCCOCCC(=O)Nc1cccc2c1C(=O)N(C1CCC(=O)NC1=O)C2=O. The van der Waals surface area contributed by atoms with Crippen LogP contribution in [-0.2, 0) is 38.1 Å². The van der Waals surface area contributed by atoms with Gasteiger partial charge in [0.2, 0.25) is 17.7 Å². The van der Waals surface area contributed by atoms with Crippen molar-refractivity contribution in [2.75, 3.05) is 77.9 Å². The zero-order valence-electron chi connectivity index (χ0n) is 22.3. The maximum atomic E-state index is 13.1. The second-order valence-corrected chi connectivity index (χ2v) is 8.82. The first-order valence-electron chi connectivity index (χ1n) is 13.2. The molecule has 1 fully saturated rings. The fourth-order valence-corrected chi connectivity index (χ4v) is 4.06. The molecule has 1 aromatic carbocycles. The number of nitrogens with zero attached hydrogens (tertiary/aromatic N) is 1. The van der Waals surface area contributed by atoms with Gasteiger partial charge in [0.15, 0.2) is 0 Å². The zero-order chi connectivity index (χ0) is 28.7. The van der Waals surface area contributed by atoms with Crippen molar-refractivity contribution in [3.63, 3.8) is 0 Å². The molecule has 0 spiro atoms. The van der Waals surface area contributed by atoms with E-state index in [1.807, 2.05) is 0 Å². The summed E-state index contributed by atoms with van der Waals surface area (Å²) in [5.41, 5.74) is 5.59. The van der Waals surface area contributed by atoms with Gasteiger partial charge in [0, 0.05) is 13.0 Å². The van der Waals surface area contributed by atoms with E-state index < -0.39 is 35.6 Å². The number of piperidine rings is 1. The lowest BCUT2D eigenvalue weighted by molar-refractivity contribution is -0.136. The van der Waals surface area contributed by atoms with Gasteiger partial charge in [-0.2, -0.15) is 0 Å². The molecule has 1 atom stereocenters. The van der Waals surface area contributed by atoms with E-state index in [1.165, 1.54) is 18.2 Å². The molecule has 4 N–H and O–H groups in total. The van der Waals surface area contributed by atoms with Crippen LogP contribution in [0.25, 0.3) is 0 Å². The molecule has 2 aliphatic heterocycles. The first kappa shape index (κ1) is 31.3. The summed E-state index contributed by atoms with van der Waals surface area (Å²) in [5, 5.41) is 4.79. The molecule has 0 bridgehead atoms. The molecule has 0 radical (unpaired) electrons. The summed E-state index contributed by atoms with van der Waals surface area (Å²) >= 11 is 0. The lowest BCUT2D eigenvalue weighted by Crippen LogP contribution is -2.54. The Labute approximate surface area is 231 Å². The molecule has 1 saturated heterocycles. The molecular formula is C26H36N4O10. The first-order chi connectivity index (χ1) is 19.4. The highest BCUT2D eigenvalue weighted by Crippen LogP contribution is 2.32. The minimum Gasteiger partial charge on any atom is -0.379 e. The topological polar surface area (TPSA) is 185 Å². The molecule has 5 amide bonds. The van der Waals surface area contributed by atoms with E-state index in [0.717, 1.165) is 4.90 Å².